The van der Waals surface area contributed by atoms with Crippen molar-refractivity contribution >= 4 is 69.2 Å². The van der Waals surface area contributed by atoms with Gasteiger partial charge in [0.05, 0.1) is 43.2 Å². The van der Waals surface area contributed by atoms with E-state index >= 15 is 0 Å². The Morgan fingerprint density at radius 2 is 1.41 bits per heavy atom. The first-order chi connectivity index (χ1) is 41.9. The van der Waals surface area contributed by atoms with Gasteiger partial charge in [-0.1, -0.05) is 44.9 Å². The zero-order valence-corrected chi connectivity index (χ0v) is 51.8. The summed E-state index contributed by atoms with van der Waals surface area (Å²) >= 11 is 0. The average Bonchev–Trinajstić information content (AvgIpc) is 1.74. The Labute approximate surface area is 536 Å². The van der Waals surface area contributed by atoms with Crippen molar-refractivity contribution in [3.05, 3.63) is 89.0 Å². The van der Waals surface area contributed by atoms with E-state index in [4.69, 9.17) is 10.5 Å². The van der Waals surface area contributed by atoms with Crippen LogP contribution in [-0.2, 0) is 44.0 Å². The van der Waals surface area contributed by atoms with Crippen molar-refractivity contribution in [3.8, 4) is 17.2 Å². The Hall–Kier alpha value is -7.25. The molecule has 16 N–H and O–H groups in total. The fourth-order valence-corrected chi connectivity index (χ4v) is 10.8. The van der Waals surface area contributed by atoms with Crippen molar-refractivity contribution in [2.45, 2.75) is 151 Å². The molecule has 4 aliphatic rings. The number of nitrogens with two attached hydrogens (primary N) is 1. The number of aromatic hydroxyl groups is 1. The fourth-order valence-electron chi connectivity index (χ4n) is 10.5. The van der Waals surface area contributed by atoms with Gasteiger partial charge in [-0.3, -0.25) is 48.1 Å². The SMILES string of the molecule is CCCCCOc1ccc(C(=O)C2N=C2c2ccc(C(=O)N[C@H]3C[C@@H](O)[C@@H](O)NC(=O)[C@@H]4[C@@H](O)[C@@H](C)CN4C(=O)[C@H]([C@H](O)CC(N)=O)NC(=O)[C@H]([C@H](O)[C@@H](O)c4ccc(O)c(OS(=O)(=O)[O-])c4)NC(=O)[C@@H]4C[C@@H](O)CN4C(=O)[C@H]([C@@H](C)O)NC3=O)cc2)cc1.[Na+]. The summed E-state index contributed by atoms with van der Waals surface area (Å²) in [5, 5.41) is 112. The number of ketones is 1. The summed E-state index contributed by atoms with van der Waals surface area (Å²) in [5.74, 6) is -13.9. The van der Waals surface area contributed by atoms with Crippen LogP contribution in [0.1, 0.15) is 97.2 Å². The van der Waals surface area contributed by atoms with Crippen molar-refractivity contribution in [2.24, 2.45) is 16.6 Å². The zero-order chi connectivity index (χ0) is 65.5. The van der Waals surface area contributed by atoms with Crippen LogP contribution < -0.4 is 70.8 Å². The third-order valence-corrected chi connectivity index (χ3v) is 15.8. The second-order valence-corrected chi connectivity index (χ2v) is 23.1. The van der Waals surface area contributed by atoms with E-state index in [0.717, 1.165) is 32.3 Å². The van der Waals surface area contributed by atoms with E-state index < -0.39 is 204 Å². The second-order valence-electron chi connectivity index (χ2n) is 22.1. The van der Waals surface area contributed by atoms with Crippen molar-refractivity contribution in [3.63, 3.8) is 0 Å². The number of aliphatic hydroxyl groups is 8. The van der Waals surface area contributed by atoms with Gasteiger partial charge in [0.15, 0.2) is 29.6 Å². The molecule has 3 saturated heterocycles. The predicted molar refractivity (Wildman–Crippen MR) is 302 cm³/mol. The van der Waals surface area contributed by atoms with E-state index in [-0.39, 0.29) is 40.9 Å². The van der Waals surface area contributed by atoms with Crippen LogP contribution >= 0.6 is 0 Å². The number of rotatable bonds is 19. The number of nitrogens with zero attached hydrogens (tertiary/aromatic N) is 3. The number of Topliss-reactive ketones (excluding diaryl/α,β-unsaturated/α-hetero) is 1. The Kier molecular flexibility index (Phi) is 24.5. The number of amides is 8. The Morgan fingerprint density at radius 1 is 0.789 bits per heavy atom. The topological polar surface area (TPSA) is 516 Å². The molecule has 0 aromatic heterocycles. The van der Waals surface area contributed by atoms with Gasteiger partial charge in [0.25, 0.3) is 16.3 Å². The van der Waals surface area contributed by atoms with Gasteiger partial charge >= 0.3 is 29.6 Å². The van der Waals surface area contributed by atoms with Crippen LogP contribution in [0.25, 0.3) is 0 Å². The first-order valence-electron chi connectivity index (χ1n) is 28.2. The number of primary amides is 1. The van der Waals surface area contributed by atoms with Crippen LogP contribution in [0.5, 0.6) is 17.2 Å². The maximum absolute atomic E-state index is 14.7. The van der Waals surface area contributed by atoms with Gasteiger partial charge in [-0.25, -0.2) is 8.42 Å². The number of benzene rings is 3. The van der Waals surface area contributed by atoms with Gasteiger partial charge in [0.2, 0.25) is 41.4 Å². The summed E-state index contributed by atoms with van der Waals surface area (Å²) in [5.41, 5.74) is 5.79. The first-order valence-corrected chi connectivity index (χ1v) is 29.5. The number of fused-ring (bicyclic) bond motifs is 2. The maximum Gasteiger partial charge on any atom is 1.00 e. The van der Waals surface area contributed by atoms with E-state index in [1.807, 2.05) is 10.6 Å². The number of phenols is 1. The number of unbranched alkanes of at least 4 members (excludes halogenated alkanes) is 2. The van der Waals surface area contributed by atoms with Crippen LogP contribution in [0.4, 0.5) is 0 Å². The number of phenolic OH excluding ortho intramolecular Hbond substituents is 1. The molecule has 484 valence electrons. The van der Waals surface area contributed by atoms with Gasteiger partial charge in [-0.15, -0.1) is 0 Å². The van der Waals surface area contributed by atoms with Crippen LogP contribution in [0.3, 0.4) is 0 Å². The molecule has 3 aromatic carbocycles. The molecule has 0 saturated carbocycles. The van der Waals surface area contributed by atoms with E-state index in [9.17, 15) is 102 Å². The number of hydrogen-bond donors (Lipinski definition) is 15. The van der Waals surface area contributed by atoms with Gasteiger partial charge in [0.1, 0.15) is 60.3 Å². The Balaban J connectivity index is 0.0000129. The molecule has 3 fully saturated rings. The van der Waals surface area contributed by atoms with Crippen molar-refractivity contribution in [2.75, 3.05) is 19.7 Å². The number of ether oxygens (including phenoxy) is 1. The molecule has 90 heavy (non-hydrogen) atoms. The molecular weight excluding hydrogens is 1220 g/mol. The first kappa shape index (κ1) is 71.8. The predicted octanol–water partition coefficient (Wildman–Crippen LogP) is -8.51. The van der Waals surface area contributed by atoms with Crippen LogP contribution in [0, 0.1) is 5.92 Å². The molecule has 4 aliphatic heterocycles. The molecule has 4 heterocycles. The Morgan fingerprint density at radius 3 is 2.03 bits per heavy atom. The summed E-state index contributed by atoms with van der Waals surface area (Å²) < 4.78 is 44.3. The van der Waals surface area contributed by atoms with E-state index in [1.165, 1.54) is 31.2 Å². The summed E-state index contributed by atoms with van der Waals surface area (Å²) in [6, 6.07) is 0.104. The summed E-state index contributed by atoms with van der Waals surface area (Å²) in [6.45, 7) is 3.62. The quantitative estimate of drug-likeness (QED) is 0.0174. The molecule has 0 bridgehead atoms. The Bertz CT molecular complexity index is 3310. The van der Waals surface area contributed by atoms with Gasteiger partial charge in [-0.05, 0) is 73.0 Å². The summed E-state index contributed by atoms with van der Waals surface area (Å²) in [7, 11) is -5.61. The monoisotopic (exact) mass is 1290 g/mol. The summed E-state index contributed by atoms with van der Waals surface area (Å²) in [4.78, 5) is 132. The van der Waals surface area contributed by atoms with E-state index in [2.05, 4.69) is 32.0 Å². The molecule has 32 nitrogen and oxygen atoms in total. The normalized spacial score (nSPS) is 27.5. The fraction of sp³-hybridized carbons (Fsp3) is 0.500. The number of aliphatic imine (C=N–C) groups is 1. The molecular formula is C56H70N9NaO23S. The van der Waals surface area contributed by atoms with Crippen molar-refractivity contribution in [1.82, 2.24) is 36.4 Å². The molecule has 0 radical (unpaired) electrons. The molecule has 16 atom stereocenters. The number of carbonyl (C=O) groups is 9. The molecule has 1 unspecified atom stereocenters. The minimum absolute atomic E-state index is 0. The van der Waals surface area contributed by atoms with Gasteiger partial charge < -0.3 is 102 Å². The molecule has 3 aromatic rings. The van der Waals surface area contributed by atoms with E-state index in [0.29, 0.717) is 51.1 Å². The third-order valence-electron chi connectivity index (χ3n) is 15.4. The largest absolute Gasteiger partial charge is 1.00 e. The maximum atomic E-state index is 14.7. The van der Waals surface area contributed by atoms with Gasteiger partial charge in [0, 0.05) is 43.0 Å². The molecule has 0 spiro atoms. The smallest absolute Gasteiger partial charge is 0.716 e. The van der Waals surface area contributed by atoms with Crippen molar-refractivity contribution < 1.29 is 141 Å². The number of hydrogen-bond acceptors (Lipinski definition) is 24. The van der Waals surface area contributed by atoms with Crippen LogP contribution in [0.15, 0.2) is 71.7 Å². The number of nitrogens with one attached hydrogen (secondary N) is 5. The minimum atomic E-state index is -5.61. The van der Waals surface area contributed by atoms with E-state index in [1.54, 1.807) is 24.3 Å². The third kappa shape index (κ3) is 17.6. The zero-order valence-electron chi connectivity index (χ0n) is 49.0. The minimum Gasteiger partial charge on any atom is -0.716 e. The van der Waals surface area contributed by atoms with Crippen LogP contribution in [-0.4, -0.2) is 232 Å². The standard InChI is InChI=1S/C56H71N9O23S.Na/c1-4-5-6-17-87-31-14-11-27(12-15-31)46(73)42-40(59-42)26-7-9-28(10-8-26)49(76)58-32-20-36(70)52(79)63-54(81)44-45(72)24(2)22-65(44)56(83)41(35(69)21-38(57)71)61-53(80)43(48(75)47(74)29-13-16-34(68)37(18-29)88-89(84,85)86)62-51(78)33-19-30(67)23-64(33)55(82)39(25(3)66)60-50(32)77;/h7-16,18,24-25,30,32-33,35-36,39,41-45,47-48,52,66-70,72,74-75,79H,4-6,17,19-23H2,1-3H3,(H2,57,71)(H,58,76)(H,60,77)(H,61,80)(H,62,78)(H,63,81)(H,84,85,86);/q;+1/p-1/t24-,25+,30+,32-,33-,35+,36+,39-,41-,42?,43-,44-,45-,47-,48-,52+;/m0./s1. The second kappa shape index (κ2) is 30.7. The molecule has 0 aliphatic carbocycles. The molecule has 34 heteroatoms. The van der Waals surface area contributed by atoms with Gasteiger partial charge in [-0.2, -0.15) is 0 Å². The molecule has 8 amide bonds. The number of carbonyl (C=O) groups excluding carboxylic acids is 9. The van der Waals surface area contributed by atoms with Crippen molar-refractivity contribution in [1.29, 1.82) is 0 Å². The van der Waals surface area contributed by atoms with Crippen LogP contribution in [0.2, 0.25) is 0 Å². The molecule has 7 rings (SSSR count). The summed E-state index contributed by atoms with van der Waals surface area (Å²) in [6.07, 6.45) is -17.5. The average molecular weight is 1290 g/mol. The number of aliphatic hydroxyl groups excluding tert-OH is 8.